The quantitative estimate of drug-likeness (QED) is 0.0702. The highest BCUT2D eigenvalue weighted by atomic mass is 16.6. The molecule has 400 valence electrons. The van der Waals surface area contributed by atoms with Crippen LogP contribution in [0, 0.1) is 17.8 Å². The maximum atomic E-state index is 15.2. The SMILES string of the molecule is CC(C)C(NC(=O)OC(C)(C)C)C(=O)O[C@@H](C[C@@H](Cc1ccccc1)C(=O)N[C@H]1c2ccccc2C[C@H]1OC(=O)C(NC(=O)OC(C)(C)C)C(C)C)CN1CCN(Cc2cccnc2)C[C@H]1C(=O)NC(C)(C)C. The fourth-order valence-corrected chi connectivity index (χ4v) is 9.05. The lowest BCUT2D eigenvalue weighted by atomic mass is 9.91. The minimum atomic E-state index is -1.11. The summed E-state index contributed by atoms with van der Waals surface area (Å²) in [6.07, 6.45) is 0.746. The van der Waals surface area contributed by atoms with Gasteiger partial charge in [-0.25, -0.2) is 19.2 Å². The van der Waals surface area contributed by atoms with Crippen LogP contribution in [0.1, 0.15) is 125 Å². The van der Waals surface area contributed by atoms with Gasteiger partial charge < -0.3 is 40.2 Å². The number of nitrogens with one attached hydrogen (secondary N) is 4. The van der Waals surface area contributed by atoms with Gasteiger partial charge >= 0.3 is 24.1 Å². The Bertz CT molecular complexity index is 2330. The Hall–Kier alpha value is -6.07. The van der Waals surface area contributed by atoms with Gasteiger partial charge in [0.1, 0.15) is 41.5 Å². The Morgan fingerprint density at radius 2 is 1.32 bits per heavy atom. The van der Waals surface area contributed by atoms with Crippen molar-refractivity contribution in [1.29, 1.82) is 0 Å². The minimum Gasteiger partial charge on any atom is -0.459 e. The molecular formula is C56H81N7O10. The largest absolute Gasteiger partial charge is 0.459 e. The lowest BCUT2D eigenvalue weighted by Crippen LogP contribution is -2.62. The van der Waals surface area contributed by atoms with Crippen LogP contribution in [0.4, 0.5) is 9.59 Å². The molecule has 1 fully saturated rings. The van der Waals surface area contributed by atoms with Crippen molar-refractivity contribution in [2.75, 3.05) is 26.2 Å². The molecule has 73 heavy (non-hydrogen) atoms. The third-order valence-corrected chi connectivity index (χ3v) is 12.4. The first-order chi connectivity index (χ1) is 34.1. The normalized spacial score (nSPS) is 19.1. The lowest BCUT2D eigenvalue weighted by Gasteiger charge is -2.43. The Morgan fingerprint density at radius 1 is 0.726 bits per heavy atom. The van der Waals surface area contributed by atoms with Crippen molar-refractivity contribution in [3.63, 3.8) is 0 Å². The summed E-state index contributed by atoms with van der Waals surface area (Å²) in [4.78, 5) is 92.6. The fourth-order valence-electron chi connectivity index (χ4n) is 9.05. The Labute approximate surface area is 432 Å². The zero-order valence-corrected chi connectivity index (χ0v) is 45.3. The number of pyridine rings is 1. The predicted octanol–water partition coefficient (Wildman–Crippen LogP) is 7.07. The predicted molar refractivity (Wildman–Crippen MR) is 278 cm³/mol. The van der Waals surface area contributed by atoms with Gasteiger partial charge in [0.15, 0.2) is 0 Å². The van der Waals surface area contributed by atoms with E-state index in [-0.39, 0.29) is 37.1 Å². The molecule has 17 nitrogen and oxygen atoms in total. The number of nitrogens with zero attached hydrogens (tertiary/aromatic N) is 3. The van der Waals surface area contributed by atoms with Crippen LogP contribution in [0.5, 0.6) is 0 Å². The molecule has 2 unspecified atom stereocenters. The molecule has 0 radical (unpaired) electrons. The number of carbonyl (C=O) groups is 6. The molecule has 2 aromatic carbocycles. The number of hydrogen-bond acceptors (Lipinski definition) is 13. The van der Waals surface area contributed by atoms with Crippen LogP contribution >= 0.6 is 0 Å². The van der Waals surface area contributed by atoms with Crippen LogP contribution in [0.2, 0.25) is 0 Å². The number of ether oxygens (including phenoxy) is 4. The van der Waals surface area contributed by atoms with E-state index in [2.05, 4.69) is 31.2 Å². The summed E-state index contributed by atoms with van der Waals surface area (Å²) in [5.74, 6) is -3.56. The number of amides is 4. The molecule has 7 atom stereocenters. The monoisotopic (exact) mass is 1010 g/mol. The maximum absolute atomic E-state index is 15.2. The summed E-state index contributed by atoms with van der Waals surface area (Å²) in [5, 5.41) is 11.8. The molecule has 1 aromatic heterocycles. The van der Waals surface area contributed by atoms with Crippen molar-refractivity contribution in [1.82, 2.24) is 36.1 Å². The first-order valence-corrected chi connectivity index (χ1v) is 25.6. The number of aromatic nitrogens is 1. The van der Waals surface area contributed by atoms with Crippen LogP contribution in [-0.2, 0) is 57.5 Å². The molecule has 1 aliphatic carbocycles. The van der Waals surface area contributed by atoms with Gasteiger partial charge in [0.25, 0.3) is 0 Å². The number of esters is 2. The third-order valence-electron chi connectivity index (χ3n) is 12.4. The molecule has 0 saturated carbocycles. The first-order valence-electron chi connectivity index (χ1n) is 25.6. The Kier molecular flexibility index (Phi) is 20.0. The summed E-state index contributed by atoms with van der Waals surface area (Å²) in [5.41, 5.74) is 1.35. The molecule has 2 heterocycles. The van der Waals surface area contributed by atoms with Crippen LogP contribution in [0.3, 0.4) is 0 Å². The van der Waals surface area contributed by atoms with E-state index in [9.17, 15) is 24.0 Å². The Morgan fingerprint density at radius 3 is 1.89 bits per heavy atom. The highest BCUT2D eigenvalue weighted by Gasteiger charge is 2.42. The molecule has 5 rings (SSSR count). The van der Waals surface area contributed by atoms with E-state index in [1.54, 1.807) is 75.4 Å². The number of rotatable bonds is 19. The van der Waals surface area contributed by atoms with Crippen LogP contribution < -0.4 is 21.3 Å². The van der Waals surface area contributed by atoms with E-state index in [1.807, 2.05) is 98.6 Å². The van der Waals surface area contributed by atoms with Crippen LogP contribution in [-0.4, -0.2) is 124 Å². The second kappa shape index (κ2) is 25.2. The lowest BCUT2D eigenvalue weighted by molar-refractivity contribution is -0.157. The molecule has 17 heteroatoms. The third kappa shape index (κ3) is 18.4. The molecule has 3 aromatic rings. The van der Waals surface area contributed by atoms with E-state index < -0.39 is 89.1 Å². The molecule has 0 spiro atoms. The average molecular weight is 1010 g/mol. The highest BCUT2D eigenvalue weighted by Crippen LogP contribution is 2.35. The maximum Gasteiger partial charge on any atom is 0.408 e. The van der Waals surface area contributed by atoms with Crippen molar-refractivity contribution in [2.45, 2.75) is 169 Å². The van der Waals surface area contributed by atoms with Crippen LogP contribution in [0.15, 0.2) is 79.1 Å². The molecule has 2 aliphatic rings. The number of piperazine rings is 1. The van der Waals surface area contributed by atoms with Gasteiger partial charge in [0.05, 0.1) is 6.04 Å². The molecule has 1 saturated heterocycles. The van der Waals surface area contributed by atoms with Crippen molar-refractivity contribution >= 4 is 35.9 Å². The average Bonchev–Trinajstić information content (AvgIpc) is 3.62. The van der Waals surface area contributed by atoms with Gasteiger partial charge in [0, 0.05) is 63.0 Å². The summed E-state index contributed by atoms with van der Waals surface area (Å²) < 4.78 is 23.7. The van der Waals surface area contributed by atoms with Gasteiger partial charge in [-0.15, -0.1) is 0 Å². The van der Waals surface area contributed by atoms with E-state index in [1.165, 1.54) is 0 Å². The summed E-state index contributed by atoms with van der Waals surface area (Å²) >= 11 is 0. The summed E-state index contributed by atoms with van der Waals surface area (Å²) in [6, 6.07) is 17.4. The van der Waals surface area contributed by atoms with E-state index >= 15 is 4.79 Å². The second-order valence-corrected chi connectivity index (χ2v) is 23.1. The van der Waals surface area contributed by atoms with Gasteiger partial charge in [0.2, 0.25) is 11.8 Å². The van der Waals surface area contributed by atoms with E-state index in [4.69, 9.17) is 18.9 Å². The van der Waals surface area contributed by atoms with Gasteiger partial charge in [-0.3, -0.25) is 24.4 Å². The Balaban J connectivity index is 1.50. The summed E-state index contributed by atoms with van der Waals surface area (Å²) in [7, 11) is 0. The first kappa shape index (κ1) is 57.8. The number of carbonyl (C=O) groups excluding carboxylic acids is 6. The molecule has 4 amide bonds. The number of hydrogen-bond donors (Lipinski definition) is 4. The molecule has 4 N–H and O–H groups in total. The number of alkyl carbamates (subject to hydrolysis) is 2. The van der Waals surface area contributed by atoms with Gasteiger partial charge in [-0.2, -0.15) is 0 Å². The highest BCUT2D eigenvalue weighted by molar-refractivity contribution is 5.84. The second-order valence-electron chi connectivity index (χ2n) is 23.1. The standard InChI is InChI=1S/C56H81N7O10/c1-35(2)45(59-52(68)72-55(8,9)10)50(66)70-41(33-63-27-26-62(32-38-22-19-25-57-31-38)34-43(63)49(65)61-54(5,6)7)29-40(28-37-20-15-14-16-21-37)48(64)58-47-42-24-18-17-23-39(42)30-44(47)71-51(67)46(36(3)4)60-53(69)73-56(11,12)13/h14-25,31,35-36,40-41,43-47H,26-30,32-34H2,1-13H3,(H,58,64)(H,59,68)(H,60,69)(H,61,65)/t40-,41+,43+,44-,45?,46?,47+/m1/s1. The van der Waals surface area contributed by atoms with Crippen LogP contribution in [0.25, 0.3) is 0 Å². The van der Waals surface area contributed by atoms with Crippen molar-refractivity contribution < 1.29 is 47.7 Å². The zero-order valence-electron chi connectivity index (χ0n) is 45.3. The fraction of sp³-hybridized carbons (Fsp3) is 0.589. The molecule has 0 bridgehead atoms. The van der Waals surface area contributed by atoms with E-state index in [0.717, 1.165) is 22.3 Å². The van der Waals surface area contributed by atoms with Crippen molar-refractivity contribution in [3.05, 3.63) is 101 Å². The molecule has 1 aliphatic heterocycles. The van der Waals surface area contributed by atoms with Gasteiger partial charge in [-0.05, 0) is 115 Å². The molecular weight excluding hydrogens is 931 g/mol. The number of benzene rings is 2. The zero-order chi connectivity index (χ0) is 53.8. The summed E-state index contributed by atoms with van der Waals surface area (Å²) in [6.45, 7) is 25.4. The van der Waals surface area contributed by atoms with Gasteiger partial charge in [-0.1, -0.05) is 88.4 Å². The van der Waals surface area contributed by atoms with Crippen molar-refractivity contribution in [2.24, 2.45) is 17.8 Å². The number of fused-ring (bicyclic) bond motifs is 1. The minimum absolute atomic E-state index is 0.0152. The van der Waals surface area contributed by atoms with E-state index in [0.29, 0.717) is 32.6 Å². The van der Waals surface area contributed by atoms with Crippen molar-refractivity contribution in [3.8, 4) is 0 Å². The topological polar surface area (TPSA) is 207 Å². The smallest absolute Gasteiger partial charge is 0.408 e.